The average molecular weight is 300 g/mol. The van der Waals surface area contributed by atoms with Crippen LogP contribution in [0.2, 0.25) is 0 Å². The summed E-state index contributed by atoms with van der Waals surface area (Å²) < 4.78 is 2.85. The lowest BCUT2D eigenvalue weighted by atomic mass is 10.1. The molecule has 21 heavy (non-hydrogen) atoms. The summed E-state index contributed by atoms with van der Waals surface area (Å²) in [5, 5.41) is 15.1. The van der Waals surface area contributed by atoms with Crippen LogP contribution in [-0.4, -0.2) is 20.9 Å². The number of fused-ring (bicyclic) bond motifs is 1. The Labute approximate surface area is 126 Å². The van der Waals surface area contributed by atoms with Gasteiger partial charge in [0.05, 0.1) is 10.4 Å². The number of aromatic nitrogens is 2. The van der Waals surface area contributed by atoms with E-state index in [1.165, 1.54) is 0 Å². The van der Waals surface area contributed by atoms with Gasteiger partial charge in [-0.15, -0.1) is 11.3 Å². The highest BCUT2D eigenvalue weighted by molar-refractivity contribution is 7.22. The summed E-state index contributed by atoms with van der Waals surface area (Å²) in [5.74, 6) is -0.946. The summed E-state index contributed by atoms with van der Waals surface area (Å²) in [6.45, 7) is 6.00. The third-order valence-corrected chi connectivity index (χ3v) is 4.41. The van der Waals surface area contributed by atoms with Crippen LogP contribution in [0, 0.1) is 0 Å². The normalized spacial score (nSPS) is 12.0. The molecule has 0 radical (unpaired) electrons. The standard InChI is InChI=1S/C16H16N2O2S/c1-16(2,3)18-9-11(15(19)20)14(17-18)13-8-10-6-4-5-7-12(10)21-13/h4-9H,1-3H3,(H,19,20). The molecule has 0 aliphatic carbocycles. The number of rotatable bonds is 2. The Hall–Kier alpha value is -2.14. The first-order valence-electron chi connectivity index (χ1n) is 6.68. The molecule has 0 fully saturated rings. The molecule has 3 aromatic rings. The van der Waals surface area contributed by atoms with Gasteiger partial charge in [0.2, 0.25) is 0 Å². The maximum Gasteiger partial charge on any atom is 0.339 e. The molecule has 0 saturated carbocycles. The van der Waals surface area contributed by atoms with Gasteiger partial charge in [-0.2, -0.15) is 5.10 Å². The van der Waals surface area contributed by atoms with Gasteiger partial charge < -0.3 is 5.11 Å². The second kappa shape index (κ2) is 4.70. The molecule has 2 aromatic heterocycles. The summed E-state index contributed by atoms with van der Waals surface area (Å²) >= 11 is 1.57. The summed E-state index contributed by atoms with van der Waals surface area (Å²) in [4.78, 5) is 12.4. The maximum atomic E-state index is 11.5. The molecule has 108 valence electrons. The van der Waals surface area contributed by atoms with Crippen molar-refractivity contribution in [3.05, 3.63) is 42.1 Å². The molecule has 0 atom stereocenters. The summed E-state index contributed by atoms with van der Waals surface area (Å²) in [7, 11) is 0. The van der Waals surface area contributed by atoms with Crippen LogP contribution in [-0.2, 0) is 5.54 Å². The van der Waals surface area contributed by atoms with E-state index < -0.39 is 5.97 Å². The minimum Gasteiger partial charge on any atom is -0.478 e. The molecule has 0 aliphatic rings. The number of nitrogens with zero attached hydrogens (tertiary/aromatic N) is 2. The Bertz CT molecular complexity index is 791. The number of hydrogen-bond donors (Lipinski definition) is 1. The van der Waals surface area contributed by atoms with E-state index in [0.29, 0.717) is 5.69 Å². The van der Waals surface area contributed by atoms with E-state index in [-0.39, 0.29) is 11.1 Å². The first-order valence-corrected chi connectivity index (χ1v) is 7.50. The van der Waals surface area contributed by atoms with E-state index in [0.717, 1.165) is 15.0 Å². The largest absolute Gasteiger partial charge is 0.478 e. The number of carboxylic acid groups (broad SMARTS) is 1. The molecule has 4 nitrogen and oxygen atoms in total. The second-order valence-electron chi connectivity index (χ2n) is 5.96. The van der Waals surface area contributed by atoms with Crippen LogP contribution in [0.4, 0.5) is 0 Å². The van der Waals surface area contributed by atoms with Gasteiger partial charge in [-0.3, -0.25) is 4.68 Å². The molecule has 2 heterocycles. The minimum absolute atomic E-state index is 0.247. The van der Waals surface area contributed by atoms with Crippen LogP contribution in [0.25, 0.3) is 20.7 Å². The van der Waals surface area contributed by atoms with Gasteiger partial charge in [0.15, 0.2) is 0 Å². The third-order valence-electron chi connectivity index (χ3n) is 3.29. The summed E-state index contributed by atoms with van der Waals surface area (Å²) in [5.41, 5.74) is 0.536. The number of thiophene rings is 1. The van der Waals surface area contributed by atoms with Gasteiger partial charge in [-0.05, 0) is 38.3 Å². The third kappa shape index (κ3) is 2.45. The zero-order valence-corrected chi connectivity index (χ0v) is 12.9. The van der Waals surface area contributed by atoms with E-state index >= 15 is 0 Å². The number of carbonyl (C=O) groups is 1. The molecule has 0 saturated heterocycles. The molecule has 0 spiro atoms. The first-order chi connectivity index (χ1) is 9.86. The van der Waals surface area contributed by atoms with Crippen LogP contribution in [0.15, 0.2) is 36.5 Å². The van der Waals surface area contributed by atoms with E-state index in [2.05, 4.69) is 5.10 Å². The molecule has 0 amide bonds. The molecule has 1 N–H and O–H groups in total. The van der Waals surface area contributed by atoms with Crippen molar-refractivity contribution in [2.24, 2.45) is 0 Å². The fraction of sp³-hybridized carbons (Fsp3) is 0.250. The highest BCUT2D eigenvalue weighted by atomic mass is 32.1. The summed E-state index contributed by atoms with van der Waals surface area (Å²) in [6.07, 6.45) is 1.61. The molecule has 1 aromatic carbocycles. The van der Waals surface area contributed by atoms with E-state index in [1.807, 2.05) is 51.1 Å². The lowest BCUT2D eigenvalue weighted by molar-refractivity contribution is 0.0697. The van der Waals surface area contributed by atoms with Crippen LogP contribution in [0.5, 0.6) is 0 Å². The van der Waals surface area contributed by atoms with Crippen molar-refractivity contribution in [2.45, 2.75) is 26.3 Å². The number of benzene rings is 1. The van der Waals surface area contributed by atoms with Crippen molar-refractivity contribution >= 4 is 27.4 Å². The Morgan fingerprint density at radius 3 is 2.62 bits per heavy atom. The molecule has 0 aliphatic heterocycles. The lowest BCUT2D eigenvalue weighted by Crippen LogP contribution is -2.22. The molecule has 0 unspecified atom stereocenters. The van der Waals surface area contributed by atoms with Gasteiger partial charge >= 0.3 is 5.97 Å². The molecular weight excluding hydrogens is 284 g/mol. The smallest absolute Gasteiger partial charge is 0.339 e. The Balaban J connectivity index is 2.20. The number of carboxylic acids is 1. The Morgan fingerprint density at radius 1 is 1.29 bits per heavy atom. The van der Waals surface area contributed by atoms with Crippen molar-refractivity contribution in [1.29, 1.82) is 0 Å². The van der Waals surface area contributed by atoms with Gasteiger partial charge in [0.25, 0.3) is 0 Å². The quantitative estimate of drug-likeness (QED) is 0.771. The van der Waals surface area contributed by atoms with E-state index in [9.17, 15) is 9.90 Å². The molecule has 5 heteroatoms. The highest BCUT2D eigenvalue weighted by Gasteiger charge is 2.23. The van der Waals surface area contributed by atoms with Crippen molar-refractivity contribution < 1.29 is 9.90 Å². The molecule has 0 bridgehead atoms. The fourth-order valence-corrected chi connectivity index (χ4v) is 3.22. The van der Waals surface area contributed by atoms with Gasteiger partial charge in [0, 0.05) is 10.9 Å². The minimum atomic E-state index is -0.946. The average Bonchev–Trinajstić information content (AvgIpc) is 3.01. The molecule has 3 rings (SSSR count). The maximum absolute atomic E-state index is 11.5. The molecular formula is C16H16N2O2S. The van der Waals surface area contributed by atoms with Crippen LogP contribution in [0.3, 0.4) is 0 Å². The fourth-order valence-electron chi connectivity index (χ4n) is 2.15. The van der Waals surface area contributed by atoms with Crippen LogP contribution < -0.4 is 0 Å². The monoisotopic (exact) mass is 300 g/mol. The number of hydrogen-bond acceptors (Lipinski definition) is 3. The van der Waals surface area contributed by atoms with Crippen molar-refractivity contribution in [3.8, 4) is 10.6 Å². The summed E-state index contributed by atoms with van der Waals surface area (Å²) in [6, 6.07) is 10.0. The van der Waals surface area contributed by atoms with Gasteiger partial charge in [0.1, 0.15) is 11.3 Å². The van der Waals surface area contributed by atoms with Crippen LogP contribution >= 0.6 is 11.3 Å². The Kier molecular flexibility index (Phi) is 3.10. The zero-order chi connectivity index (χ0) is 15.2. The van der Waals surface area contributed by atoms with Crippen molar-refractivity contribution in [3.63, 3.8) is 0 Å². The predicted molar refractivity (Wildman–Crippen MR) is 85.0 cm³/mol. The van der Waals surface area contributed by atoms with Gasteiger partial charge in [-0.1, -0.05) is 18.2 Å². The topological polar surface area (TPSA) is 55.1 Å². The SMILES string of the molecule is CC(C)(C)n1cc(C(=O)O)c(-c2cc3ccccc3s2)n1. The number of aromatic carboxylic acids is 1. The Morgan fingerprint density at radius 2 is 2.00 bits per heavy atom. The van der Waals surface area contributed by atoms with Crippen LogP contribution in [0.1, 0.15) is 31.1 Å². The van der Waals surface area contributed by atoms with Gasteiger partial charge in [-0.25, -0.2) is 4.79 Å². The van der Waals surface area contributed by atoms with E-state index in [4.69, 9.17) is 0 Å². The zero-order valence-electron chi connectivity index (χ0n) is 12.1. The second-order valence-corrected chi connectivity index (χ2v) is 7.04. The van der Waals surface area contributed by atoms with Crippen molar-refractivity contribution in [2.75, 3.05) is 0 Å². The predicted octanol–water partition coefficient (Wildman–Crippen LogP) is 4.22. The van der Waals surface area contributed by atoms with E-state index in [1.54, 1.807) is 22.2 Å². The lowest BCUT2D eigenvalue weighted by Gasteiger charge is -2.18. The highest BCUT2D eigenvalue weighted by Crippen LogP contribution is 2.35. The first kappa shape index (κ1) is 13.8. The van der Waals surface area contributed by atoms with Crippen molar-refractivity contribution in [1.82, 2.24) is 9.78 Å².